The lowest BCUT2D eigenvalue weighted by Gasteiger charge is -2.08. The largest absolute Gasteiger partial charge is 0.478 e. The minimum atomic E-state index is -0.950. The third kappa shape index (κ3) is 3.94. The Hall–Kier alpha value is -3.73. The Labute approximate surface area is 169 Å². The minimum Gasteiger partial charge on any atom is -0.478 e. The Morgan fingerprint density at radius 3 is 2.59 bits per heavy atom. The second-order valence-corrected chi connectivity index (χ2v) is 6.87. The van der Waals surface area contributed by atoms with Crippen molar-refractivity contribution in [3.05, 3.63) is 89.7 Å². The second kappa shape index (κ2) is 8.10. The molecule has 0 atom stereocenters. The van der Waals surface area contributed by atoms with Crippen LogP contribution in [-0.4, -0.2) is 33.9 Å². The number of rotatable bonds is 6. The molecule has 0 saturated carbocycles. The first-order valence-electron chi connectivity index (χ1n) is 9.44. The van der Waals surface area contributed by atoms with Crippen LogP contribution >= 0.6 is 0 Å². The van der Waals surface area contributed by atoms with E-state index in [9.17, 15) is 9.90 Å². The van der Waals surface area contributed by atoms with Gasteiger partial charge in [0, 0.05) is 25.4 Å². The van der Waals surface area contributed by atoms with E-state index in [0.29, 0.717) is 5.56 Å². The summed E-state index contributed by atoms with van der Waals surface area (Å²) >= 11 is 0. The molecule has 29 heavy (non-hydrogen) atoms. The Morgan fingerprint density at radius 1 is 1.07 bits per heavy atom. The Balaban J connectivity index is 1.52. The molecule has 0 saturated heterocycles. The summed E-state index contributed by atoms with van der Waals surface area (Å²) < 4.78 is 2.17. The van der Waals surface area contributed by atoms with Gasteiger partial charge in [-0.15, -0.1) is 0 Å². The van der Waals surface area contributed by atoms with Crippen LogP contribution in [-0.2, 0) is 13.0 Å². The molecular formula is C24H21N3O2. The highest BCUT2D eigenvalue weighted by atomic mass is 16.4. The SMILES string of the molecule is CN=Cc1cc(-c2ccc(CCn3cnc4ccccc43)cc2)ccc1C(=O)O. The highest BCUT2D eigenvalue weighted by Gasteiger charge is 2.10. The zero-order chi connectivity index (χ0) is 20.2. The smallest absolute Gasteiger partial charge is 0.336 e. The van der Waals surface area contributed by atoms with Crippen LogP contribution in [0.25, 0.3) is 22.2 Å². The summed E-state index contributed by atoms with van der Waals surface area (Å²) in [6.07, 6.45) is 4.38. The maximum absolute atomic E-state index is 11.4. The van der Waals surface area contributed by atoms with Gasteiger partial charge in [0.15, 0.2) is 0 Å². The van der Waals surface area contributed by atoms with Gasteiger partial charge in [0.25, 0.3) is 0 Å². The number of imidazole rings is 1. The van der Waals surface area contributed by atoms with Crippen molar-refractivity contribution in [3.8, 4) is 11.1 Å². The normalized spacial score (nSPS) is 11.3. The van der Waals surface area contributed by atoms with E-state index in [1.807, 2.05) is 36.7 Å². The molecule has 0 fully saturated rings. The van der Waals surface area contributed by atoms with Crippen molar-refractivity contribution >= 4 is 23.2 Å². The van der Waals surface area contributed by atoms with Crippen molar-refractivity contribution in [2.24, 2.45) is 4.99 Å². The highest BCUT2D eigenvalue weighted by molar-refractivity contribution is 5.99. The van der Waals surface area contributed by atoms with Gasteiger partial charge in [-0.3, -0.25) is 4.99 Å². The first-order chi connectivity index (χ1) is 14.2. The molecule has 0 aliphatic heterocycles. The van der Waals surface area contributed by atoms with Crippen molar-refractivity contribution in [2.75, 3.05) is 7.05 Å². The number of fused-ring (bicyclic) bond motifs is 1. The fourth-order valence-corrected chi connectivity index (χ4v) is 3.48. The van der Waals surface area contributed by atoms with Gasteiger partial charge in [-0.25, -0.2) is 9.78 Å². The van der Waals surface area contributed by atoms with Crippen LogP contribution < -0.4 is 0 Å². The number of para-hydroxylation sites is 2. The predicted molar refractivity (Wildman–Crippen MR) is 116 cm³/mol. The van der Waals surface area contributed by atoms with E-state index < -0.39 is 5.97 Å². The molecule has 4 rings (SSSR count). The second-order valence-electron chi connectivity index (χ2n) is 6.87. The molecular weight excluding hydrogens is 362 g/mol. The summed E-state index contributed by atoms with van der Waals surface area (Å²) in [5.74, 6) is -0.950. The number of carboxylic acids is 1. The van der Waals surface area contributed by atoms with Crippen molar-refractivity contribution in [3.63, 3.8) is 0 Å². The molecule has 144 valence electrons. The van der Waals surface area contributed by atoms with Gasteiger partial charge in [0.2, 0.25) is 0 Å². The van der Waals surface area contributed by atoms with Gasteiger partial charge >= 0.3 is 5.97 Å². The Morgan fingerprint density at radius 2 is 1.83 bits per heavy atom. The first kappa shape index (κ1) is 18.6. The number of benzene rings is 3. The standard InChI is InChI=1S/C24H21N3O2/c1-25-15-20-14-19(10-11-21(20)24(28)29)18-8-6-17(7-9-18)12-13-27-16-26-22-4-2-3-5-23(22)27/h2-11,14-16H,12-13H2,1H3,(H,28,29). The Kier molecular flexibility index (Phi) is 5.20. The van der Waals surface area contributed by atoms with Crippen LogP contribution in [0.15, 0.2) is 78.0 Å². The third-order valence-electron chi connectivity index (χ3n) is 5.01. The van der Waals surface area contributed by atoms with Gasteiger partial charge in [-0.1, -0.05) is 42.5 Å². The molecule has 0 aliphatic carbocycles. The zero-order valence-corrected chi connectivity index (χ0v) is 16.1. The lowest BCUT2D eigenvalue weighted by Crippen LogP contribution is -2.02. The molecule has 3 aromatic carbocycles. The number of aromatic carboxylic acids is 1. The minimum absolute atomic E-state index is 0.253. The molecule has 0 unspecified atom stereocenters. The molecule has 0 spiro atoms. The molecule has 5 heteroatoms. The molecule has 0 aliphatic rings. The van der Waals surface area contributed by atoms with E-state index >= 15 is 0 Å². The first-order valence-corrected chi connectivity index (χ1v) is 9.44. The van der Waals surface area contributed by atoms with Crippen LogP contribution in [0.3, 0.4) is 0 Å². The lowest BCUT2D eigenvalue weighted by molar-refractivity contribution is 0.0697. The van der Waals surface area contributed by atoms with Crippen molar-refractivity contribution in [2.45, 2.75) is 13.0 Å². The monoisotopic (exact) mass is 383 g/mol. The predicted octanol–water partition coefficient (Wildman–Crippen LogP) is 4.69. The van der Waals surface area contributed by atoms with E-state index in [1.165, 1.54) is 5.56 Å². The molecule has 0 bridgehead atoms. The fraction of sp³-hybridized carbons (Fsp3) is 0.125. The average Bonchev–Trinajstić information content (AvgIpc) is 3.16. The highest BCUT2D eigenvalue weighted by Crippen LogP contribution is 2.23. The van der Waals surface area contributed by atoms with Gasteiger partial charge in [0.1, 0.15) is 0 Å². The van der Waals surface area contributed by atoms with E-state index in [0.717, 1.165) is 35.1 Å². The fourth-order valence-electron chi connectivity index (χ4n) is 3.48. The molecule has 5 nitrogen and oxygen atoms in total. The molecule has 1 heterocycles. The van der Waals surface area contributed by atoms with Crippen molar-refractivity contribution < 1.29 is 9.90 Å². The quantitative estimate of drug-likeness (QED) is 0.491. The summed E-state index contributed by atoms with van der Waals surface area (Å²) in [6.45, 7) is 0.865. The van der Waals surface area contributed by atoms with Gasteiger partial charge in [0.05, 0.1) is 22.9 Å². The third-order valence-corrected chi connectivity index (χ3v) is 5.01. The van der Waals surface area contributed by atoms with Crippen molar-refractivity contribution in [1.82, 2.24) is 9.55 Å². The van der Waals surface area contributed by atoms with E-state index in [-0.39, 0.29) is 5.56 Å². The van der Waals surface area contributed by atoms with Crippen molar-refractivity contribution in [1.29, 1.82) is 0 Å². The maximum atomic E-state index is 11.4. The molecule has 1 N–H and O–H groups in total. The summed E-state index contributed by atoms with van der Waals surface area (Å²) in [5, 5.41) is 9.33. The van der Waals surface area contributed by atoms with Gasteiger partial charge < -0.3 is 9.67 Å². The number of aromatic nitrogens is 2. The lowest BCUT2D eigenvalue weighted by atomic mass is 9.98. The number of aliphatic imine (C=N–C) groups is 1. The average molecular weight is 383 g/mol. The summed E-state index contributed by atoms with van der Waals surface area (Å²) in [4.78, 5) is 19.8. The zero-order valence-electron chi connectivity index (χ0n) is 16.1. The van der Waals surface area contributed by atoms with Crippen LogP contribution in [0.1, 0.15) is 21.5 Å². The van der Waals surface area contributed by atoms with E-state index in [2.05, 4.69) is 44.9 Å². The van der Waals surface area contributed by atoms with E-state index in [1.54, 1.807) is 19.3 Å². The van der Waals surface area contributed by atoms with Crippen LogP contribution in [0.5, 0.6) is 0 Å². The Bertz CT molecular complexity index is 1190. The van der Waals surface area contributed by atoms with E-state index in [4.69, 9.17) is 0 Å². The van der Waals surface area contributed by atoms with Gasteiger partial charge in [-0.05, 0) is 47.4 Å². The number of carboxylic acid groups (broad SMARTS) is 1. The number of aryl methyl sites for hydroxylation is 2. The number of nitrogens with zero attached hydrogens (tertiary/aromatic N) is 3. The van der Waals surface area contributed by atoms with Gasteiger partial charge in [-0.2, -0.15) is 0 Å². The summed E-state index contributed by atoms with van der Waals surface area (Å²) in [6, 6.07) is 21.9. The molecule has 0 amide bonds. The summed E-state index contributed by atoms with van der Waals surface area (Å²) in [5.41, 5.74) is 6.27. The summed E-state index contributed by atoms with van der Waals surface area (Å²) in [7, 11) is 1.64. The number of hydrogen-bond acceptors (Lipinski definition) is 3. The number of carbonyl (C=O) groups is 1. The van der Waals surface area contributed by atoms with Crippen LogP contribution in [0.4, 0.5) is 0 Å². The topological polar surface area (TPSA) is 67.5 Å². The number of hydrogen-bond donors (Lipinski definition) is 1. The maximum Gasteiger partial charge on any atom is 0.336 e. The van der Waals surface area contributed by atoms with Crippen LogP contribution in [0.2, 0.25) is 0 Å². The molecule has 0 radical (unpaired) electrons. The molecule has 4 aromatic rings. The van der Waals surface area contributed by atoms with Crippen LogP contribution in [0, 0.1) is 0 Å². The molecule has 1 aromatic heterocycles.